The lowest BCUT2D eigenvalue weighted by Crippen LogP contribution is -2.32. The molecular weight excluding hydrogens is 286 g/mol. The van der Waals surface area contributed by atoms with Gasteiger partial charge in [0.1, 0.15) is 5.25 Å². The highest BCUT2D eigenvalue weighted by Crippen LogP contribution is 2.32. The van der Waals surface area contributed by atoms with Gasteiger partial charge in [-0.3, -0.25) is 19.5 Å². The minimum Gasteiger partial charge on any atom is -0.326 e. The molecule has 1 saturated heterocycles. The number of hydrogen-bond donors (Lipinski definition) is 1. The summed E-state index contributed by atoms with van der Waals surface area (Å²) in [6.45, 7) is 5.31. The summed E-state index contributed by atoms with van der Waals surface area (Å²) in [7, 11) is 0. The number of carbonyl (C=O) groups excluding carboxylic acids is 2. The van der Waals surface area contributed by atoms with Crippen LogP contribution in [0, 0.1) is 13.8 Å². The van der Waals surface area contributed by atoms with Crippen molar-refractivity contribution >= 4 is 34.4 Å². The van der Waals surface area contributed by atoms with Crippen LogP contribution in [0.5, 0.6) is 0 Å². The number of thioether (sulfide) groups is 1. The molecule has 0 aliphatic carbocycles. The van der Waals surface area contributed by atoms with Gasteiger partial charge in [-0.25, -0.2) is 0 Å². The molecule has 0 radical (unpaired) electrons. The van der Waals surface area contributed by atoms with Crippen LogP contribution in [0.3, 0.4) is 0 Å². The summed E-state index contributed by atoms with van der Waals surface area (Å²) in [6.07, 6.45) is 0.187. The van der Waals surface area contributed by atoms with Gasteiger partial charge in [0.2, 0.25) is 11.8 Å². The van der Waals surface area contributed by atoms with Gasteiger partial charge in [0.05, 0.1) is 6.54 Å². The van der Waals surface area contributed by atoms with Crippen LogP contribution in [0.15, 0.2) is 23.2 Å². The minimum absolute atomic E-state index is 0.00682. The second kappa shape index (κ2) is 5.52. The molecule has 21 heavy (non-hydrogen) atoms. The normalized spacial score (nSPS) is 20.5. The molecule has 1 aromatic carbocycles. The summed E-state index contributed by atoms with van der Waals surface area (Å²) >= 11 is 1.40. The molecule has 0 spiro atoms. The Morgan fingerprint density at radius 1 is 1.48 bits per heavy atom. The Labute approximate surface area is 127 Å². The molecule has 110 valence electrons. The predicted molar refractivity (Wildman–Crippen MR) is 84.6 cm³/mol. The smallest absolute Gasteiger partial charge is 0.242 e. The fourth-order valence-corrected chi connectivity index (χ4v) is 3.66. The summed E-state index contributed by atoms with van der Waals surface area (Å²) in [4.78, 5) is 30.3. The number of amides is 2. The highest BCUT2D eigenvalue weighted by Gasteiger charge is 2.40. The van der Waals surface area contributed by atoms with E-state index in [0.29, 0.717) is 13.1 Å². The molecule has 0 aromatic heterocycles. The summed E-state index contributed by atoms with van der Waals surface area (Å²) in [6, 6.07) is 5.80. The lowest BCUT2D eigenvalue weighted by molar-refractivity contribution is -0.127. The monoisotopic (exact) mass is 303 g/mol. The van der Waals surface area contributed by atoms with Gasteiger partial charge in [-0.05, 0) is 31.0 Å². The zero-order valence-electron chi connectivity index (χ0n) is 12.0. The average Bonchev–Trinajstić information content (AvgIpc) is 3.00. The van der Waals surface area contributed by atoms with Crippen molar-refractivity contribution in [1.29, 1.82) is 0 Å². The van der Waals surface area contributed by atoms with Crippen LogP contribution < -0.4 is 5.32 Å². The number of aliphatic imine (C=N–C) groups is 1. The van der Waals surface area contributed by atoms with E-state index in [4.69, 9.17) is 0 Å². The Hall–Kier alpha value is -1.82. The minimum atomic E-state index is -0.339. The molecule has 1 aromatic rings. The van der Waals surface area contributed by atoms with Crippen molar-refractivity contribution < 1.29 is 9.59 Å². The van der Waals surface area contributed by atoms with Crippen molar-refractivity contribution in [2.24, 2.45) is 4.99 Å². The maximum Gasteiger partial charge on any atom is 0.242 e. The SMILES string of the molecule is Cc1cccc(NC(=O)CC2SC3=NCCN3C2=O)c1C. The van der Waals surface area contributed by atoms with Gasteiger partial charge >= 0.3 is 0 Å². The Kier molecular flexibility index (Phi) is 3.71. The fraction of sp³-hybridized carbons (Fsp3) is 0.400. The third kappa shape index (κ3) is 2.68. The molecule has 5 nitrogen and oxygen atoms in total. The highest BCUT2D eigenvalue weighted by atomic mass is 32.2. The van der Waals surface area contributed by atoms with Crippen LogP contribution in [0.2, 0.25) is 0 Å². The molecule has 2 aliphatic rings. The first-order chi connectivity index (χ1) is 10.1. The van der Waals surface area contributed by atoms with E-state index in [1.54, 1.807) is 4.90 Å². The van der Waals surface area contributed by atoms with E-state index >= 15 is 0 Å². The quantitative estimate of drug-likeness (QED) is 0.928. The number of benzene rings is 1. The predicted octanol–water partition coefficient (Wildman–Crippen LogP) is 1.95. The molecule has 1 unspecified atom stereocenters. The van der Waals surface area contributed by atoms with Crippen LogP contribution in [0.4, 0.5) is 5.69 Å². The van der Waals surface area contributed by atoms with Crippen LogP contribution in [0.1, 0.15) is 17.5 Å². The summed E-state index contributed by atoms with van der Waals surface area (Å²) < 4.78 is 0. The van der Waals surface area contributed by atoms with Gasteiger partial charge in [0, 0.05) is 18.7 Å². The maximum absolute atomic E-state index is 12.2. The molecule has 2 aliphatic heterocycles. The number of carbonyl (C=O) groups is 2. The Balaban J connectivity index is 1.65. The topological polar surface area (TPSA) is 61.8 Å². The number of anilines is 1. The lowest BCUT2D eigenvalue weighted by Gasteiger charge is -2.12. The highest BCUT2D eigenvalue weighted by molar-refractivity contribution is 8.15. The van der Waals surface area contributed by atoms with E-state index in [1.165, 1.54) is 11.8 Å². The van der Waals surface area contributed by atoms with Gasteiger partial charge in [0.25, 0.3) is 0 Å². The zero-order chi connectivity index (χ0) is 15.0. The number of aryl methyl sites for hydroxylation is 1. The molecule has 3 rings (SSSR count). The van der Waals surface area contributed by atoms with Gasteiger partial charge in [-0.1, -0.05) is 23.9 Å². The second-order valence-electron chi connectivity index (χ2n) is 5.26. The van der Waals surface area contributed by atoms with E-state index in [2.05, 4.69) is 10.3 Å². The first-order valence-corrected chi connectivity index (χ1v) is 7.83. The number of hydrogen-bond acceptors (Lipinski definition) is 4. The fourth-order valence-electron chi connectivity index (χ4n) is 2.47. The maximum atomic E-state index is 12.2. The van der Waals surface area contributed by atoms with E-state index < -0.39 is 0 Å². The van der Waals surface area contributed by atoms with Gasteiger partial charge in [-0.2, -0.15) is 0 Å². The van der Waals surface area contributed by atoms with E-state index in [0.717, 1.165) is 22.0 Å². The Morgan fingerprint density at radius 3 is 3.05 bits per heavy atom. The standard InChI is InChI=1S/C15H17N3O2S/c1-9-4-3-5-11(10(9)2)17-13(19)8-12-14(20)18-7-6-16-15(18)21-12/h3-5,12H,6-8H2,1-2H3,(H,17,19). The number of nitrogens with one attached hydrogen (secondary N) is 1. The lowest BCUT2D eigenvalue weighted by atomic mass is 10.1. The third-order valence-corrected chi connectivity index (χ3v) is 5.05. The Morgan fingerprint density at radius 2 is 2.29 bits per heavy atom. The molecule has 0 saturated carbocycles. The average molecular weight is 303 g/mol. The molecule has 0 bridgehead atoms. The number of rotatable bonds is 3. The van der Waals surface area contributed by atoms with Crippen LogP contribution in [0.25, 0.3) is 0 Å². The van der Waals surface area contributed by atoms with Crippen molar-refractivity contribution in [3.8, 4) is 0 Å². The van der Waals surface area contributed by atoms with Gasteiger partial charge < -0.3 is 5.32 Å². The van der Waals surface area contributed by atoms with Crippen LogP contribution in [-0.4, -0.2) is 40.2 Å². The van der Waals surface area contributed by atoms with Crippen molar-refractivity contribution in [3.05, 3.63) is 29.3 Å². The molecule has 1 fully saturated rings. The van der Waals surface area contributed by atoms with Gasteiger partial charge in [-0.15, -0.1) is 0 Å². The Bertz CT molecular complexity index is 642. The summed E-state index contributed by atoms with van der Waals surface area (Å²) in [5.74, 6) is -0.122. The van der Waals surface area contributed by atoms with E-state index in [9.17, 15) is 9.59 Å². The zero-order valence-corrected chi connectivity index (χ0v) is 12.9. The van der Waals surface area contributed by atoms with Crippen LogP contribution >= 0.6 is 11.8 Å². The number of fused-ring (bicyclic) bond motifs is 1. The first-order valence-electron chi connectivity index (χ1n) is 6.95. The third-order valence-electron chi connectivity index (χ3n) is 3.84. The molecule has 2 amide bonds. The summed E-state index contributed by atoms with van der Waals surface area (Å²) in [5.41, 5.74) is 3.00. The van der Waals surface area contributed by atoms with Crippen molar-refractivity contribution in [2.45, 2.75) is 25.5 Å². The summed E-state index contributed by atoms with van der Waals surface area (Å²) in [5, 5.41) is 3.33. The van der Waals surface area contributed by atoms with Crippen molar-refractivity contribution in [1.82, 2.24) is 4.90 Å². The molecular formula is C15H17N3O2S. The van der Waals surface area contributed by atoms with Crippen LogP contribution in [-0.2, 0) is 9.59 Å². The van der Waals surface area contributed by atoms with Crippen molar-refractivity contribution in [3.63, 3.8) is 0 Å². The number of amidine groups is 1. The van der Waals surface area contributed by atoms with Crippen molar-refractivity contribution in [2.75, 3.05) is 18.4 Å². The first kappa shape index (κ1) is 14.1. The van der Waals surface area contributed by atoms with E-state index in [1.807, 2.05) is 32.0 Å². The largest absolute Gasteiger partial charge is 0.326 e. The molecule has 1 atom stereocenters. The second-order valence-corrected chi connectivity index (χ2v) is 6.43. The van der Waals surface area contributed by atoms with Gasteiger partial charge in [0.15, 0.2) is 5.17 Å². The number of nitrogens with zero attached hydrogens (tertiary/aromatic N) is 2. The molecule has 6 heteroatoms. The molecule has 1 N–H and O–H groups in total. The molecule has 2 heterocycles. The van der Waals surface area contributed by atoms with E-state index in [-0.39, 0.29) is 23.5 Å².